The lowest BCUT2D eigenvalue weighted by Gasteiger charge is -2.27. The molecule has 0 saturated carbocycles. The number of para-hydroxylation sites is 1. The molecule has 0 saturated heterocycles. The predicted molar refractivity (Wildman–Crippen MR) is 108 cm³/mol. The largest absolute Gasteiger partial charge is 0.496 e. The molecule has 27 heavy (non-hydrogen) atoms. The van der Waals surface area contributed by atoms with Crippen LogP contribution in [-0.2, 0) is 6.54 Å². The minimum Gasteiger partial charge on any atom is -0.496 e. The van der Waals surface area contributed by atoms with Gasteiger partial charge in [0.2, 0.25) is 5.89 Å². The molecule has 1 heterocycles. The summed E-state index contributed by atoms with van der Waals surface area (Å²) in [6.45, 7) is 7.74. The number of benzene rings is 1. The fraction of sp³-hybridized carbons (Fsp3) is 0.500. The normalized spacial score (nSPS) is 12.9. The molecular weight excluding hydrogens is 342 g/mol. The zero-order chi connectivity index (χ0) is 19.8. The highest BCUT2D eigenvalue weighted by Crippen LogP contribution is 2.27. The molecule has 1 aromatic carbocycles. The standard InChI is InChI=1S/C20H31N5O2/c1-7-21-20(23-13-19-24-14(2)15(3)27-19)22-12-17(25(4)5)16-10-8-9-11-18(16)26-6/h8-11,17H,7,12-13H2,1-6H3,(H2,21,22,23). The highest BCUT2D eigenvalue weighted by Gasteiger charge is 2.18. The van der Waals surface area contributed by atoms with Crippen LogP contribution in [0.5, 0.6) is 5.75 Å². The molecule has 2 rings (SSSR count). The smallest absolute Gasteiger partial charge is 0.216 e. The third-order valence-electron chi connectivity index (χ3n) is 4.37. The summed E-state index contributed by atoms with van der Waals surface area (Å²) in [6.07, 6.45) is 0. The van der Waals surface area contributed by atoms with E-state index in [1.807, 2.05) is 39.0 Å². The third kappa shape index (κ3) is 5.72. The molecule has 0 amide bonds. The van der Waals surface area contributed by atoms with E-state index < -0.39 is 0 Å². The Bertz CT molecular complexity index is 735. The van der Waals surface area contributed by atoms with Crippen LogP contribution in [0, 0.1) is 13.8 Å². The Morgan fingerprint density at radius 3 is 2.59 bits per heavy atom. The highest BCUT2D eigenvalue weighted by atomic mass is 16.5. The molecule has 1 aromatic heterocycles. The van der Waals surface area contributed by atoms with Gasteiger partial charge in [-0.25, -0.2) is 9.98 Å². The Kier molecular flexibility index (Phi) is 7.67. The quantitative estimate of drug-likeness (QED) is 0.547. The van der Waals surface area contributed by atoms with Gasteiger partial charge in [0.1, 0.15) is 18.1 Å². The summed E-state index contributed by atoms with van der Waals surface area (Å²) in [5.74, 6) is 3.07. The fourth-order valence-electron chi connectivity index (χ4n) is 2.80. The van der Waals surface area contributed by atoms with Crippen molar-refractivity contribution in [2.45, 2.75) is 33.4 Å². The number of methoxy groups -OCH3 is 1. The van der Waals surface area contributed by atoms with Crippen LogP contribution in [0.4, 0.5) is 0 Å². The first-order chi connectivity index (χ1) is 13.0. The molecule has 0 bridgehead atoms. The molecule has 1 unspecified atom stereocenters. The van der Waals surface area contributed by atoms with Gasteiger partial charge in [0.15, 0.2) is 5.96 Å². The number of aromatic nitrogens is 1. The first kappa shape index (κ1) is 20.8. The molecule has 0 fully saturated rings. The van der Waals surface area contributed by atoms with Crippen molar-refractivity contribution >= 4 is 5.96 Å². The lowest BCUT2D eigenvalue weighted by molar-refractivity contribution is 0.287. The number of nitrogens with one attached hydrogen (secondary N) is 2. The maximum absolute atomic E-state index is 5.61. The lowest BCUT2D eigenvalue weighted by atomic mass is 10.0. The van der Waals surface area contributed by atoms with Gasteiger partial charge in [0, 0.05) is 18.7 Å². The van der Waals surface area contributed by atoms with Gasteiger partial charge in [0.25, 0.3) is 0 Å². The summed E-state index contributed by atoms with van der Waals surface area (Å²) >= 11 is 0. The van der Waals surface area contributed by atoms with Crippen molar-refractivity contribution in [2.24, 2.45) is 4.99 Å². The van der Waals surface area contributed by atoms with Crippen molar-refractivity contribution in [2.75, 3.05) is 34.3 Å². The molecule has 7 nitrogen and oxygen atoms in total. The average molecular weight is 374 g/mol. The number of nitrogens with zero attached hydrogens (tertiary/aromatic N) is 3. The van der Waals surface area contributed by atoms with Crippen LogP contribution in [-0.4, -0.2) is 50.1 Å². The summed E-state index contributed by atoms with van der Waals surface area (Å²) in [5.41, 5.74) is 2.04. The van der Waals surface area contributed by atoms with Crippen molar-refractivity contribution in [1.29, 1.82) is 0 Å². The van der Waals surface area contributed by atoms with E-state index in [1.54, 1.807) is 7.11 Å². The molecule has 2 N–H and O–H groups in total. The van der Waals surface area contributed by atoms with Crippen molar-refractivity contribution in [3.05, 3.63) is 47.2 Å². The number of hydrogen-bond acceptors (Lipinski definition) is 5. The molecule has 148 valence electrons. The number of likely N-dealkylation sites (N-methyl/N-ethyl adjacent to an activating group) is 1. The molecule has 0 aliphatic carbocycles. The second kappa shape index (κ2) is 9.97. The number of oxazole rings is 1. The zero-order valence-electron chi connectivity index (χ0n) is 17.2. The Hall–Kier alpha value is -2.54. The fourth-order valence-corrected chi connectivity index (χ4v) is 2.80. The Morgan fingerprint density at radius 1 is 1.26 bits per heavy atom. The van der Waals surface area contributed by atoms with Gasteiger partial charge >= 0.3 is 0 Å². The van der Waals surface area contributed by atoms with Gasteiger partial charge < -0.3 is 24.7 Å². The van der Waals surface area contributed by atoms with Crippen LogP contribution < -0.4 is 15.4 Å². The van der Waals surface area contributed by atoms with Gasteiger partial charge in [0.05, 0.1) is 18.8 Å². The van der Waals surface area contributed by atoms with Crippen LogP contribution in [0.25, 0.3) is 0 Å². The molecular formula is C20H31N5O2. The van der Waals surface area contributed by atoms with Crippen LogP contribution in [0.15, 0.2) is 33.7 Å². The van der Waals surface area contributed by atoms with Crippen LogP contribution in [0.2, 0.25) is 0 Å². The van der Waals surface area contributed by atoms with Crippen molar-refractivity contribution in [3.8, 4) is 5.75 Å². The number of aliphatic imine (C=N–C) groups is 1. The molecule has 0 radical (unpaired) electrons. The molecule has 1 atom stereocenters. The van der Waals surface area contributed by atoms with E-state index in [-0.39, 0.29) is 6.04 Å². The Labute approximate surface area is 161 Å². The monoisotopic (exact) mass is 373 g/mol. The minimum atomic E-state index is 0.135. The first-order valence-electron chi connectivity index (χ1n) is 9.20. The lowest BCUT2D eigenvalue weighted by Crippen LogP contribution is -2.41. The second-order valence-electron chi connectivity index (χ2n) is 6.55. The molecule has 0 spiro atoms. The number of guanidine groups is 1. The maximum Gasteiger partial charge on any atom is 0.216 e. The van der Waals surface area contributed by atoms with E-state index in [2.05, 4.69) is 45.7 Å². The molecule has 0 aliphatic heterocycles. The Balaban J connectivity index is 2.10. The summed E-state index contributed by atoms with van der Waals surface area (Å²) < 4.78 is 11.1. The van der Waals surface area contributed by atoms with Crippen LogP contribution in [0.3, 0.4) is 0 Å². The second-order valence-corrected chi connectivity index (χ2v) is 6.55. The van der Waals surface area contributed by atoms with E-state index in [0.717, 1.165) is 35.3 Å². The van der Waals surface area contributed by atoms with E-state index in [9.17, 15) is 0 Å². The van der Waals surface area contributed by atoms with Gasteiger partial charge in [-0.2, -0.15) is 0 Å². The number of hydrogen-bond donors (Lipinski definition) is 2. The summed E-state index contributed by atoms with van der Waals surface area (Å²) in [5, 5.41) is 6.68. The predicted octanol–water partition coefficient (Wildman–Crippen LogP) is 2.66. The van der Waals surface area contributed by atoms with Crippen molar-refractivity contribution in [3.63, 3.8) is 0 Å². The first-order valence-corrected chi connectivity index (χ1v) is 9.20. The van der Waals surface area contributed by atoms with Gasteiger partial charge in [-0.05, 0) is 40.9 Å². The van der Waals surface area contributed by atoms with Crippen molar-refractivity contribution < 1.29 is 9.15 Å². The van der Waals surface area contributed by atoms with Crippen molar-refractivity contribution in [1.82, 2.24) is 20.5 Å². The average Bonchev–Trinajstić information content (AvgIpc) is 2.97. The summed E-state index contributed by atoms with van der Waals surface area (Å²) in [7, 11) is 5.81. The SMILES string of the molecule is CCNC(=NCc1nc(C)c(C)o1)NCC(c1ccccc1OC)N(C)C. The summed E-state index contributed by atoms with van der Waals surface area (Å²) in [4.78, 5) is 11.1. The number of aryl methyl sites for hydroxylation is 2. The van der Waals surface area contributed by atoms with Gasteiger partial charge in [-0.15, -0.1) is 0 Å². The van der Waals surface area contributed by atoms with Crippen LogP contribution in [0.1, 0.15) is 35.9 Å². The van der Waals surface area contributed by atoms with E-state index >= 15 is 0 Å². The molecule has 0 aliphatic rings. The van der Waals surface area contributed by atoms with Gasteiger partial charge in [-0.3, -0.25) is 0 Å². The zero-order valence-corrected chi connectivity index (χ0v) is 17.2. The molecule has 2 aromatic rings. The maximum atomic E-state index is 5.61. The van der Waals surface area contributed by atoms with Crippen LogP contribution >= 0.6 is 0 Å². The van der Waals surface area contributed by atoms with E-state index in [1.165, 1.54) is 0 Å². The molecule has 7 heteroatoms. The van der Waals surface area contributed by atoms with E-state index in [0.29, 0.717) is 19.0 Å². The minimum absolute atomic E-state index is 0.135. The third-order valence-corrected chi connectivity index (χ3v) is 4.37. The Morgan fingerprint density at radius 2 is 2.00 bits per heavy atom. The highest BCUT2D eigenvalue weighted by molar-refractivity contribution is 5.79. The van der Waals surface area contributed by atoms with Gasteiger partial charge in [-0.1, -0.05) is 18.2 Å². The summed E-state index contributed by atoms with van der Waals surface area (Å²) in [6, 6.07) is 8.22. The number of ether oxygens (including phenoxy) is 1. The van der Waals surface area contributed by atoms with E-state index in [4.69, 9.17) is 9.15 Å². The number of rotatable bonds is 8. The topological polar surface area (TPSA) is 74.9 Å².